The molecule has 0 radical (unpaired) electrons. The molecular weight excluding hydrogens is 200 g/mol. The smallest absolute Gasteiger partial charge is 0.228 e. The summed E-state index contributed by atoms with van der Waals surface area (Å²) in [5.41, 5.74) is 0.371. The topological polar surface area (TPSA) is 34.1 Å². The van der Waals surface area contributed by atoms with Gasteiger partial charge in [0.05, 0.1) is 0 Å². The molecule has 1 rings (SSSR count). The van der Waals surface area contributed by atoms with Crippen LogP contribution in [0.15, 0.2) is 24.3 Å². The van der Waals surface area contributed by atoms with Crippen molar-refractivity contribution in [2.75, 3.05) is 0 Å². The van der Waals surface area contributed by atoms with E-state index in [2.05, 4.69) is 0 Å². The van der Waals surface area contributed by atoms with Crippen LogP contribution in [0, 0.1) is 0 Å². The van der Waals surface area contributed by atoms with E-state index in [9.17, 15) is 9.59 Å². The van der Waals surface area contributed by atoms with Crippen LogP contribution in [0.25, 0.3) is 0 Å². The first-order valence-electron chi connectivity index (χ1n) is 4.48. The summed E-state index contributed by atoms with van der Waals surface area (Å²) in [5.74, 6) is -0.802. The highest BCUT2D eigenvalue weighted by molar-refractivity contribution is 6.44. The molecule has 0 aliphatic carbocycles. The Hall–Kier alpha value is -1.15. The van der Waals surface area contributed by atoms with Crippen molar-refractivity contribution in [2.45, 2.75) is 19.8 Å². The SMILES string of the molecule is CCCC(=O)C(=O)c1cccc(Cl)c1. The first kappa shape index (κ1) is 10.9. The number of carbonyl (C=O) groups excluding carboxylic acids is 2. The lowest BCUT2D eigenvalue weighted by Crippen LogP contribution is -2.13. The van der Waals surface area contributed by atoms with Gasteiger partial charge in [-0.05, 0) is 18.6 Å². The standard InChI is InChI=1S/C11H11ClO2/c1-2-4-10(13)11(14)8-5-3-6-9(12)7-8/h3,5-7H,2,4H2,1H3. The lowest BCUT2D eigenvalue weighted by molar-refractivity contribution is -0.115. The lowest BCUT2D eigenvalue weighted by Gasteiger charge is -1.99. The molecule has 2 nitrogen and oxygen atoms in total. The van der Waals surface area contributed by atoms with Crippen molar-refractivity contribution >= 4 is 23.2 Å². The van der Waals surface area contributed by atoms with Crippen molar-refractivity contribution < 1.29 is 9.59 Å². The van der Waals surface area contributed by atoms with Gasteiger partial charge in [0.1, 0.15) is 0 Å². The Morgan fingerprint density at radius 3 is 2.64 bits per heavy atom. The Kier molecular flexibility index (Phi) is 3.84. The van der Waals surface area contributed by atoms with Crippen LogP contribution < -0.4 is 0 Å². The third-order valence-corrected chi connectivity index (χ3v) is 2.05. The summed E-state index contributed by atoms with van der Waals surface area (Å²) < 4.78 is 0. The summed E-state index contributed by atoms with van der Waals surface area (Å²) in [6.07, 6.45) is 0.983. The number of hydrogen-bond donors (Lipinski definition) is 0. The highest BCUT2D eigenvalue weighted by Gasteiger charge is 2.14. The zero-order valence-electron chi connectivity index (χ0n) is 7.92. The minimum absolute atomic E-state index is 0.297. The Bertz CT molecular complexity index is 358. The van der Waals surface area contributed by atoms with Crippen molar-refractivity contribution in [1.82, 2.24) is 0 Å². The second kappa shape index (κ2) is 4.91. The lowest BCUT2D eigenvalue weighted by atomic mass is 10.0. The molecule has 0 heterocycles. The number of hydrogen-bond acceptors (Lipinski definition) is 2. The summed E-state index contributed by atoms with van der Waals surface area (Å²) in [6, 6.07) is 6.44. The van der Waals surface area contributed by atoms with Crippen LogP contribution in [0.3, 0.4) is 0 Å². The van der Waals surface area contributed by atoms with E-state index >= 15 is 0 Å². The Labute approximate surface area is 87.9 Å². The molecule has 0 spiro atoms. The van der Waals surface area contributed by atoms with E-state index < -0.39 is 5.78 Å². The van der Waals surface area contributed by atoms with Crippen LogP contribution in [-0.4, -0.2) is 11.6 Å². The fourth-order valence-corrected chi connectivity index (χ4v) is 1.32. The van der Waals surface area contributed by atoms with Gasteiger partial charge in [0.15, 0.2) is 0 Å². The second-order valence-corrected chi connectivity index (χ2v) is 3.45. The first-order chi connectivity index (χ1) is 6.65. The predicted octanol–water partition coefficient (Wildman–Crippen LogP) is 2.89. The zero-order chi connectivity index (χ0) is 10.6. The van der Waals surface area contributed by atoms with Gasteiger partial charge in [-0.2, -0.15) is 0 Å². The van der Waals surface area contributed by atoms with E-state index in [-0.39, 0.29) is 5.78 Å². The average Bonchev–Trinajstić information content (AvgIpc) is 2.17. The third kappa shape index (κ3) is 2.67. The van der Waals surface area contributed by atoms with Gasteiger partial charge in [0.25, 0.3) is 0 Å². The largest absolute Gasteiger partial charge is 0.290 e. The van der Waals surface area contributed by atoms with Crippen molar-refractivity contribution in [1.29, 1.82) is 0 Å². The van der Waals surface area contributed by atoms with Crippen molar-refractivity contribution in [3.8, 4) is 0 Å². The molecule has 0 aliphatic rings. The van der Waals surface area contributed by atoms with E-state index in [4.69, 9.17) is 11.6 Å². The highest BCUT2D eigenvalue weighted by atomic mass is 35.5. The molecule has 0 saturated carbocycles. The van der Waals surface area contributed by atoms with Gasteiger partial charge in [0, 0.05) is 17.0 Å². The van der Waals surface area contributed by atoms with E-state index in [0.717, 1.165) is 0 Å². The normalized spacial score (nSPS) is 9.86. The third-order valence-electron chi connectivity index (χ3n) is 1.82. The predicted molar refractivity (Wildman–Crippen MR) is 55.7 cm³/mol. The quantitative estimate of drug-likeness (QED) is 0.566. The molecule has 0 atom stereocenters. The number of ketones is 2. The Morgan fingerprint density at radius 2 is 2.07 bits per heavy atom. The molecule has 74 valence electrons. The molecular formula is C11H11ClO2. The molecule has 1 aromatic rings. The van der Waals surface area contributed by atoms with Gasteiger partial charge in [0.2, 0.25) is 11.6 Å². The van der Waals surface area contributed by atoms with Gasteiger partial charge in [-0.25, -0.2) is 0 Å². The molecule has 0 fully saturated rings. The summed E-state index contributed by atoms with van der Waals surface area (Å²) in [6.45, 7) is 1.86. The molecule has 14 heavy (non-hydrogen) atoms. The molecule has 0 saturated heterocycles. The summed E-state index contributed by atoms with van der Waals surface area (Å²) in [4.78, 5) is 22.7. The number of rotatable bonds is 4. The second-order valence-electron chi connectivity index (χ2n) is 3.01. The average molecular weight is 211 g/mol. The van der Waals surface area contributed by atoms with E-state index in [1.54, 1.807) is 18.2 Å². The number of halogens is 1. The molecule has 0 aliphatic heterocycles. The zero-order valence-corrected chi connectivity index (χ0v) is 8.67. The van der Waals surface area contributed by atoms with Gasteiger partial charge in [-0.1, -0.05) is 30.7 Å². The van der Waals surface area contributed by atoms with Crippen LogP contribution in [0.1, 0.15) is 30.1 Å². The number of benzene rings is 1. The minimum atomic E-state index is -0.450. The van der Waals surface area contributed by atoms with Crippen LogP contribution in [0.4, 0.5) is 0 Å². The summed E-state index contributed by atoms with van der Waals surface area (Å²) >= 11 is 5.71. The number of Topliss-reactive ketones (excluding diaryl/α,β-unsaturated/α-hetero) is 2. The van der Waals surface area contributed by atoms with Gasteiger partial charge >= 0.3 is 0 Å². The van der Waals surface area contributed by atoms with E-state index in [0.29, 0.717) is 23.4 Å². The molecule has 3 heteroatoms. The molecule has 0 aromatic heterocycles. The van der Waals surface area contributed by atoms with Crippen molar-refractivity contribution in [3.63, 3.8) is 0 Å². The van der Waals surface area contributed by atoms with Gasteiger partial charge < -0.3 is 0 Å². The van der Waals surface area contributed by atoms with Gasteiger partial charge in [-0.15, -0.1) is 0 Å². The maximum absolute atomic E-state index is 11.5. The Balaban J connectivity index is 2.84. The molecule has 0 unspecified atom stereocenters. The maximum Gasteiger partial charge on any atom is 0.228 e. The highest BCUT2D eigenvalue weighted by Crippen LogP contribution is 2.12. The fourth-order valence-electron chi connectivity index (χ4n) is 1.13. The van der Waals surface area contributed by atoms with Gasteiger partial charge in [-0.3, -0.25) is 9.59 Å². The fraction of sp³-hybridized carbons (Fsp3) is 0.273. The Morgan fingerprint density at radius 1 is 1.36 bits per heavy atom. The molecule has 1 aromatic carbocycles. The summed E-state index contributed by atoms with van der Waals surface area (Å²) in [5, 5.41) is 0.472. The van der Waals surface area contributed by atoms with E-state index in [1.165, 1.54) is 6.07 Å². The monoisotopic (exact) mass is 210 g/mol. The summed E-state index contributed by atoms with van der Waals surface area (Å²) in [7, 11) is 0. The van der Waals surface area contributed by atoms with E-state index in [1.807, 2.05) is 6.92 Å². The van der Waals surface area contributed by atoms with Crippen LogP contribution >= 0.6 is 11.6 Å². The number of carbonyl (C=O) groups is 2. The van der Waals surface area contributed by atoms with Crippen molar-refractivity contribution in [2.24, 2.45) is 0 Å². The first-order valence-corrected chi connectivity index (χ1v) is 4.86. The molecule has 0 N–H and O–H groups in total. The minimum Gasteiger partial charge on any atom is -0.290 e. The maximum atomic E-state index is 11.5. The van der Waals surface area contributed by atoms with Crippen LogP contribution in [-0.2, 0) is 4.79 Å². The van der Waals surface area contributed by atoms with Crippen LogP contribution in [0.5, 0.6) is 0 Å². The van der Waals surface area contributed by atoms with Crippen LogP contribution in [0.2, 0.25) is 5.02 Å². The molecule has 0 bridgehead atoms. The van der Waals surface area contributed by atoms with Crippen molar-refractivity contribution in [3.05, 3.63) is 34.9 Å². The molecule has 0 amide bonds.